The summed E-state index contributed by atoms with van der Waals surface area (Å²) in [5, 5.41) is 9.19. The summed E-state index contributed by atoms with van der Waals surface area (Å²) in [6, 6.07) is 8.56. The Balaban J connectivity index is 1.91. The van der Waals surface area contributed by atoms with Crippen molar-refractivity contribution in [1.82, 2.24) is 4.90 Å². The van der Waals surface area contributed by atoms with Crippen molar-refractivity contribution in [2.75, 3.05) is 13.1 Å². The van der Waals surface area contributed by atoms with E-state index in [1.165, 1.54) is 11.1 Å². The third-order valence-corrected chi connectivity index (χ3v) is 4.00. The van der Waals surface area contributed by atoms with E-state index >= 15 is 0 Å². The summed E-state index contributed by atoms with van der Waals surface area (Å²) in [6.45, 7) is 6.62. The molecule has 1 aromatic carbocycles. The van der Waals surface area contributed by atoms with Crippen LogP contribution in [0.2, 0.25) is 0 Å². The van der Waals surface area contributed by atoms with Crippen LogP contribution in [0.5, 0.6) is 0 Å². The van der Waals surface area contributed by atoms with Gasteiger partial charge in [-0.25, -0.2) is 0 Å². The highest BCUT2D eigenvalue weighted by molar-refractivity contribution is 5.74. The van der Waals surface area contributed by atoms with Crippen LogP contribution in [-0.2, 0) is 11.3 Å². The van der Waals surface area contributed by atoms with Gasteiger partial charge < -0.3 is 5.11 Å². The Hall–Kier alpha value is -1.35. The number of carboxylic acids is 1. The van der Waals surface area contributed by atoms with Crippen LogP contribution in [0, 0.1) is 12.3 Å². The maximum Gasteiger partial charge on any atom is 0.309 e. The Kier molecular flexibility index (Phi) is 3.71. The van der Waals surface area contributed by atoms with Gasteiger partial charge in [-0.05, 0) is 45.3 Å². The third-order valence-electron chi connectivity index (χ3n) is 4.00. The van der Waals surface area contributed by atoms with Crippen LogP contribution in [0.15, 0.2) is 24.3 Å². The maximum absolute atomic E-state index is 11.2. The molecule has 0 amide bonds. The molecule has 1 saturated heterocycles. The molecule has 0 saturated carbocycles. The fourth-order valence-corrected chi connectivity index (χ4v) is 2.37. The van der Waals surface area contributed by atoms with Crippen molar-refractivity contribution >= 4 is 5.97 Å². The van der Waals surface area contributed by atoms with Crippen molar-refractivity contribution in [2.24, 2.45) is 5.41 Å². The number of carbonyl (C=O) groups is 1. The highest BCUT2D eigenvalue weighted by Gasteiger charge is 2.36. The molecule has 1 aliphatic rings. The molecular formula is C15H21NO2. The van der Waals surface area contributed by atoms with Crippen molar-refractivity contribution in [3.8, 4) is 0 Å². The first-order valence-corrected chi connectivity index (χ1v) is 6.51. The SMILES string of the molecule is Cc1ccc(CN2CCC(C)(C(=O)O)CC2)cc1. The molecule has 0 aliphatic carbocycles. The number of nitrogens with zero attached hydrogens (tertiary/aromatic N) is 1. The Bertz CT molecular complexity index is 417. The zero-order chi connectivity index (χ0) is 13.2. The van der Waals surface area contributed by atoms with Gasteiger partial charge in [-0.15, -0.1) is 0 Å². The second kappa shape index (κ2) is 5.11. The highest BCUT2D eigenvalue weighted by Crippen LogP contribution is 2.31. The monoisotopic (exact) mass is 247 g/mol. The van der Waals surface area contributed by atoms with E-state index in [0.29, 0.717) is 0 Å². The van der Waals surface area contributed by atoms with Gasteiger partial charge in [-0.3, -0.25) is 9.69 Å². The van der Waals surface area contributed by atoms with E-state index in [0.717, 1.165) is 32.5 Å². The summed E-state index contributed by atoms with van der Waals surface area (Å²) in [4.78, 5) is 13.5. The lowest BCUT2D eigenvalue weighted by molar-refractivity contribution is -0.150. The fraction of sp³-hybridized carbons (Fsp3) is 0.533. The van der Waals surface area contributed by atoms with Gasteiger partial charge in [0.15, 0.2) is 0 Å². The molecule has 0 aromatic heterocycles. The van der Waals surface area contributed by atoms with E-state index in [9.17, 15) is 9.90 Å². The zero-order valence-electron chi connectivity index (χ0n) is 11.1. The first-order valence-electron chi connectivity index (χ1n) is 6.51. The maximum atomic E-state index is 11.2. The lowest BCUT2D eigenvalue weighted by atomic mass is 9.80. The van der Waals surface area contributed by atoms with Gasteiger partial charge in [-0.1, -0.05) is 29.8 Å². The predicted molar refractivity (Wildman–Crippen MR) is 71.4 cm³/mol. The summed E-state index contributed by atoms with van der Waals surface area (Å²) < 4.78 is 0. The quantitative estimate of drug-likeness (QED) is 0.892. The second-order valence-electron chi connectivity index (χ2n) is 5.63. The van der Waals surface area contributed by atoms with Crippen LogP contribution < -0.4 is 0 Å². The number of aryl methyl sites for hydroxylation is 1. The largest absolute Gasteiger partial charge is 0.481 e. The number of benzene rings is 1. The summed E-state index contributed by atoms with van der Waals surface area (Å²) in [5.41, 5.74) is 2.06. The Labute approximate surface area is 108 Å². The fourth-order valence-electron chi connectivity index (χ4n) is 2.37. The van der Waals surface area contributed by atoms with Gasteiger partial charge in [0, 0.05) is 6.54 Å². The van der Waals surface area contributed by atoms with Crippen molar-refractivity contribution in [1.29, 1.82) is 0 Å². The average molecular weight is 247 g/mol. The standard InChI is InChI=1S/C15H21NO2/c1-12-3-5-13(6-4-12)11-16-9-7-15(2,8-10-16)14(17)18/h3-6H,7-11H2,1-2H3,(H,17,18). The molecule has 3 nitrogen and oxygen atoms in total. The van der Waals surface area contributed by atoms with Crippen molar-refractivity contribution in [2.45, 2.75) is 33.2 Å². The average Bonchev–Trinajstić information content (AvgIpc) is 2.35. The van der Waals surface area contributed by atoms with Gasteiger partial charge in [0.25, 0.3) is 0 Å². The molecule has 0 unspecified atom stereocenters. The van der Waals surface area contributed by atoms with Crippen LogP contribution in [-0.4, -0.2) is 29.1 Å². The first kappa shape index (κ1) is 13.1. The summed E-state index contributed by atoms with van der Waals surface area (Å²) in [6.07, 6.45) is 1.49. The summed E-state index contributed by atoms with van der Waals surface area (Å²) in [7, 11) is 0. The van der Waals surface area contributed by atoms with Crippen molar-refractivity contribution in [3.63, 3.8) is 0 Å². The molecule has 0 atom stereocenters. The van der Waals surface area contributed by atoms with Crippen LogP contribution in [0.4, 0.5) is 0 Å². The number of rotatable bonds is 3. The first-order chi connectivity index (χ1) is 8.49. The number of hydrogen-bond donors (Lipinski definition) is 1. The van der Waals surface area contributed by atoms with Gasteiger partial charge >= 0.3 is 5.97 Å². The zero-order valence-corrected chi connectivity index (χ0v) is 11.1. The number of piperidine rings is 1. The minimum Gasteiger partial charge on any atom is -0.481 e. The lowest BCUT2D eigenvalue weighted by Gasteiger charge is -2.36. The van der Waals surface area contributed by atoms with Crippen LogP contribution >= 0.6 is 0 Å². The van der Waals surface area contributed by atoms with E-state index in [2.05, 4.69) is 36.1 Å². The molecule has 3 heteroatoms. The van der Waals surface area contributed by atoms with Crippen LogP contribution in [0.3, 0.4) is 0 Å². The van der Waals surface area contributed by atoms with Crippen LogP contribution in [0.25, 0.3) is 0 Å². The van der Waals surface area contributed by atoms with E-state index < -0.39 is 11.4 Å². The molecule has 1 aromatic rings. The molecule has 1 N–H and O–H groups in total. The highest BCUT2D eigenvalue weighted by atomic mass is 16.4. The van der Waals surface area contributed by atoms with E-state index in [-0.39, 0.29) is 0 Å². The Morgan fingerprint density at radius 2 is 1.83 bits per heavy atom. The molecule has 1 fully saturated rings. The van der Waals surface area contributed by atoms with E-state index in [1.807, 2.05) is 6.92 Å². The van der Waals surface area contributed by atoms with Gasteiger partial charge in [0.05, 0.1) is 5.41 Å². The Morgan fingerprint density at radius 1 is 1.28 bits per heavy atom. The number of hydrogen-bond acceptors (Lipinski definition) is 2. The minimum absolute atomic E-state index is 0.524. The summed E-state index contributed by atoms with van der Waals surface area (Å²) >= 11 is 0. The molecular weight excluding hydrogens is 226 g/mol. The summed E-state index contributed by atoms with van der Waals surface area (Å²) in [5.74, 6) is -0.655. The molecule has 98 valence electrons. The van der Waals surface area contributed by atoms with Crippen molar-refractivity contribution < 1.29 is 9.90 Å². The van der Waals surface area contributed by atoms with Gasteiger partial charge in [0.2, 0.25) is 0 Å². The molecule has 0 bridgehead atoms. The van der Waals surface area contributed by atoms with E-state index in [4.69, 9.17) is 0 Å². The minimum atomic E-state index is -0.655. The molecule has 0 spiro atoms. The smallest absolute Gasteiger partial charge is 0.309 e. The third kappa shape index (κ3) is 2.91. The molecule has 1 heterocycles. The molecule has 0 radical (unpaired) electrons. The molecule has 2 rings (SSSR count). The molecule has 18 heavy (non-hydrogen) atoms. The number of aliphatic carboxylic acids is 1. The van der Waals surface area contributed by atoms with Gasteiger partial charge in [0.1, 0.15) is 0 Å². The van der Waals surface area contributed by atoms with Crippen molar-refractivity contribution in [3.05, 3.63) is 35.4 Å². The predicted octanol–water partition coefficient (Wildman–Crippen LogP) is 2.68. The van der Waals surface area contributed by atoms with E-state index in [1.54, 1.807) is 0 Å². The topological polar surface area (TPSA) is 40.5 Å². The Morgan fingerprint density at radius 3 is 2.33 bits per heavy atom. The second-order valence-corrected chi connectivity index (χ2v) is 5.63. The number of carboxylic acid groups (broad SMARTS) is 1. The lowest BCUT2D eigenvalue weighted by Crippen LogP contribution is -2.42. The number of likely N-dealkylation sites (tertiary alicyclic amines) is 1. The van der Waals surface area contributed by atoms with Gasteiger partial charge in [-0.2, -0.15) is 0 Å². The van der Waals surface area contributed by atoms with Crippen LogP contribution in [0.1, 0.15) is 30.9 Å². The molecule has 1 aliphatic heterocycles. The normalized spacial score (nSPS) is 19.7.